The van der Waals surface area contributed by atoms with Crippen LogP contribution in [0.15, 0.2) is 54.6 Å². The molecule has 0 saturated heterocycles. The van der Waals surface area contributed by atoms with Crippen molar-refractivity contribution in [3.63, 3.8) is 0 Å². The monoisotopic (exact) mass is 330 g/mol. The number of benzene rings is 2. The van der Waals surface area contributed by atoms with Crippen molar-refractivity contribution in [2.45, 2.75) is 19.1 Å². The minimum Gasteiger partial charge on any atom is -0.493 e. The average molecular weight is 330 g/mol. The number of hydrogen-bond donors (Lipinski definition) is 0. The first-order valence-electron chi connectivity index (χ1n) is 7.75. The van der Waals surface area contributed by atoms with Gasteiger partial charge >= 0.3 is 5.97 Å². The Balaban J connectivity index is 2.37. The zero-order chi connectivity index (χ0) is 17.4. The van der Waals surface area contributed by atoms with Crippen molar-refractivity contribution in [2.75, 3.05) is 20.8 Å². The molecular formula is C19H22O5. The van der Waals surface area contributed by atoms with Gasteiger partial charge in [-0.2, -0.15) is 0 Å². The Morgan fingerprint density at radius 2 is 1.58 bits per heavy atom. The molecule has 2 aromatic carbocycles. The van der Waals surface area contributed by atoms with Crippen LogP contribution in [0.25, 0.3) is 0 Å². The van der Waals surface area contributed by atoms with Crippen LogP contribution in [0.2, 0.25) is 0 Å². The number of rotatable bonds is 8. The van der Waals surface area contributed by atoms with Gasteiger partial charge in [-0.15, -0.1) is 0 Å². The van der Waals surface area contributed by atoms with Crippen LogP contribution < -0.4 is 9.47 Å². The lowest BCUT2D eigenvalue weighted by atomic mass is 10.0. The largest absolute Gasteiger partial charge is 0.493 e. The van der Waals surface area contributed by atoms with E-state index in [0.717, 1.165) is 5.56 Å². The molecule has 0 radical (unpaired) electrons. The van der Waals surface area contributed by atoms with E-state index in [1.54, 1.807) is 26.2 Å². The third kappa shape index (κ3) is 4.26. The van der Waals surface area contributed by atoms with Gasteiger partial charge in [0.15, 0.2) is 23.7 Å². The van der Waals surface area contributed by atoms with E-state index in [0.29, 0.717) is 11.5 Å². The highest BCUT2D eigenvalue weighted by atomic mass is 16.6. The summed E-state index contributed by atoms with van der Waals surface area (Å²) in [6.07, 6.45) is -1.55. The van der Waals surface area contributed by atoms with Gasteiger partial charge in [-0.25, -0.2) is 4.79 Å². The third-order valence-corrected chi connectivity index (χ3v) is 3.50. The Morgan fingerprint density at radius 3 is 2.17 bits per heavy atom. The number of esters is 1. The Kier molecular flexibility index (Phi) is 6.63. The lowest BCUT2D eigenvalue weighted by Gasteiger charge is -2.26. The first-order chi connectivity index (χ1) is 11.7. The second-order valence-corrected chi connectivity index (χ2v) is 5.01. The second-order valence-electron chi connectivity index (χ2n) is 5.01. The van der Waals surface area contributed by atoms with E-state index in [1.807, 2.05) is 42.5 Å². The summed E-state index contributed by atoms with van der Waals surface area (Å²) >= 11 is 0. The zero-order valence-electron chi connectivity index (χ0n) is 14.1. The van der Waals surface area contributed by atoms with Crippen LogP contribution in [0, 0.1) is 0 Å². The van der Waals surface area contributed by atoms with E-state index < -0.39 is 18.2 Å². The normalized spacial score (nSPS) is 13.0. The van der Waals surface area contributed by atoms with Gasteiger partial charge in [0.1, 0.15) is 0 Å². The van der Waals surface area contributed by atoms with E-state index >= 15 is 0 Å². The van der Waals surface area contributed by atoms with Crippen molar-refractivity contribution >= 4 is 5.97 Å². The van der Waals surface area contributed by atoms with Gasteiger partial charge in [0, 0.05) is 7.11 Å². The van der Waals surface area contributed by atoms with Gasteiger partial charge < -0.3 is 18.9 Å². The van der Waals surface area contributed by atoms with Crippen LogP contribution in [0.5, 0.6) is 11.5 Å². The highest BCUT2D eigenvalue weighted by Gasteiger charge is 2.33. The highest BCUT2D eigenvalue weighted by Crippen LogP contribution is 2.33. The number of carbonyl (C=O) groups is 1. The fourth-order valence-electron chi connectivity index (χ4n) is 2.37. The quantitative estimate of drug-likeness (QED) is 0.695. The molecule has 2 rings (SSSR count). The lowest BCUT2D eigenvalue weighted by Crippen LogP contribution is -2.35. The molecule has 0 aliphatic carbocycles. The van der Waals surface area contributed by atoms with Gasteiger partial charge in [0.25, 0.3) is 0 Å². The van der Waals surface area contributed by atoms with E-state index in [-0.39, 0.29) is 6.61 Å². The second kappa shape index (κ2) is 8.93. The van der Waals surface area contributed by atoms with Gasteiger partial charge in [-0.05, 0) is 24.6 Å². The first-order valence-corrected chi connectivity index (χ1v) is 7.75. The molecule has 0 heterocycles. The van der Waals surface area contributed by atoms with Gasteiger partial charge in [0.2, 0.25) is 0 Å². The zero-order valence-corrected chi connectivity index (χ0v) is 14.1. The fourth-order valence-corrected chi connectivity index (χ4v) is 2.37. The average Bonchev–Trinajstić information content (AvgIpc) is 2.63. The van der Waals surface area contributed by atoms with Crippen molar-refractivity contribution in [1.29, 1.82) is 0 Å². The maximum atomic E-state index is 12.3. The summed E-state index contributed by atoms with van der Waals surface area (Å²) in [4.78, 5) is 12.3. The summed E-state index contributed by atoms with van der Waals surface area (Å²) < 4.78 is 21.9. The van der Waals surface area contributed by atoms with Crippen LogP contribution >= 0.6 is 0 Å². The number of carbonyl (C=O) groups excluding carboxylic acids is 1. The van der Waals surface area contributed by atoms with E-state index in [1.165, 1.54) is 7.11 Å². The summed E-state index contributed by atoms with van der Waals surface area (Å²) in [5.41, 5.74) is 0.809. The molecule has 0 aliphatic heterocycles. The topological polar surface area (TPSA) is 54.0 Å². The molecule has 0 saturated carbocycles. The molecule has 0 bridgehead atoms. The number of ether oxygens (including phenoxy) is 4. The predicted molar refractivity (Wildman–Crippen MR) is 90.2 cm³/mol. The van der Waals surface area contributed by atoms with Crippen LogP contribution in [-0.2, 0) is 14.3 Å². The van der Waals surface area contributed by atoms with Crippen LogP contribution in [-0.4, -0.2) is 32.9 Å². The summed E-state index contributed by atoms with van der Waals surface area (Å²) in [6.45, 7) is 2.03. The van der Waals surface area contributed by atoms with Gasteiger partial charge in [-0.1, -0.05) is 42.5 Å². The molecule has 2 unspecified atom stereocenters. The van der Waals surface area contributed by atoms with Crippen molar-refractivity contribution in [1.82, 2.24) is 0 Å². The van der Waals surface area contributed by atoms with Gasteiger partial charge in [0.05, 0.1) is 13.7 Å². The Morgan fingerprint density at radius 1 is 0.958 bits per heavy atom. The third-order valence-electron chi connectivity index (χ3n) is 3.50. The first kappa shape index (κ1) is 17.8. The summed E-state index contributed by atoms with van der Waals surface area (Å²) in [7, 11) is 3.03. The maximum Gasteiger partial charge on any atom is 0.339 e. The number of hydrogen-bond acceptors (Lipinski definition) is 5. The van der Waals surface area contributed by atoms with E-state index in [9.17, 15) is 4.79 Å². The number of para-hydroxylation sites is 2. The van der Waals surface area contributed by atoms with E-state index in [2.05, 4.69) is 0 Å². The van der Waals surface area contributed by atoms with Crippen LogP contribution in [0.1, 0.15) is 18.6 Å². The number of methoxy groups -OCH3 is 2. The van der Waals surface area contributed by atoms with Gasteiger partial charge in [-0.3, -0.25) is 0 Å². The minimum atomic E-state index is -0.891. The molecular weight excluding hydrogens is 308 g/mol. The minimum absolute atomic E-state index is 0.273. The van der Waals surface area contributed by atoms with E-state index in [4.69, 9.17) is 18.9 Å². The molecule has 2 atom stereocenters. The van der Waals surface area contributed by atoms with Crippen LogP contribution in [0.3, 0.4) is 0 Å². The molecule has 5 nitrogen and oxygen atoms in total. The predicted octanol–water partition coefficient (Wildman–Crippen LogP) is 3.39. The summed E-state index contributed by atoms with van der Waals surface area (Å²) in [5, 5.41) is 0. The Labute approximate surface area is 142 Å². The standard InChI is InChI=1S/C19H22O5/c1-4-23-19(20)18(22-3)17(14-10-6-5-7-11-14)24-16-13-9-8-12-15(16)21-2/h5-13,17-18H,4H2,1-3H3. The highest BCUT2D eigenvalue weighted by molar-refractivity contribution is 5.76. The molecule has 5 heteroatoms. The van der Waals surface area contributed by atoms with Crippen molar-refractivity contribution in [3.05, 3.63) is 60.2 Å². The molecule has 24 heavy (non-hydrogen) atoms. The molecule has 0 N–H and O–H groups in total. The molecule has 0 aromatic heterocycles. The Hall–Kier alpha value is -2.53. The summed E-state index contributed by atoms with van der Waals surface area (Å²) in [6, 6.07) is 16.7. The fraction of sp³-hybridized carbons (Fsp3) is 0.316. The summed E-state index contributed by atoms with van der Waals surface area (Å²) in [5.74, 6) is 0.640. The molecule has 0 amide bonds. The Bertz CT molecular complexity index is 641. The smallest absolute Gasteiger partial charge is 0.339 e. The van der Waals surface area contributed by atoms with Crippen LogP contribution in [0.4, 0.5) is 0 Å². The molecule has 2 aromatic rings. The lowest BCUT2D eigenvalue weighted by molar-refractivity contribution is -0.161. The molecule has 128 valence electrons. The molecule has 0 aliphatic rings. The molecule has 0 fully saturated rings. The van der Waals surface area contributed by atoms with Crippen molar-refractivity contribution in [2.24, 2.45) is 0 Å². The maximum absolute atomic E-state index is 12.3. The molecule has 0 spiro atoms. The van der Waals surface area contributed by atoms with Crippen molar-refractivity contribution in [3.8, 4) is 11.5 Å². The van der Waals surface area contributed by atoms with Crippen molar-refractivity contribution < 1.29 is 23.7 Å². The SMILES string of the molecule is CCOC(=O)C(OC)C(Oc1ccccc1OC)c1ccccc1.